The molecule has 2 aromatic carbocycles. The minimum absolute atomic E-state index is 0.0439. The molecule has 0 fully saturated rings. The van der Waals surface area contributed by atoms with E-state index in [9.17, 15) is 9.90 Å². The zero-order valence-electron chi connectivity index (χ0n) is 14.0. The summed E-state index contributed by atoms with van der Waals surface area (Å²) >= 11 is 0. The number of carbonyl (C=O) groups is 1. The van der Waals surface area contributed by atoms with Crippen LogP contribution >= 0.6 is 0 Å². The molecule has 0 saturated heterocycles. The molecular weight excluding hydrogens is 332 g/mol. The molecule has 2 aromatic heterocycles. The molecule has 0 aliphatic rings. The number of anilines is 1. The minimum Gasteiger partial charge on any atom is -0.495 e. The van der Waals surface area contributed by atoms with Crippen molar-refractivity contribution in [2.24, 2.45) is 0 Å². The first-order valence-electron chi connectivity index (χ1n) is 8.01. The summed E-state index contributed by atoms with van der Waals surface area (Å²) in [5.41, 5.74) is 2.19. The molecule has 0 radical (unpaired) electrons. The fourth-order valence-electron chi connectivity index (χ4n) is 2.87. The predicted octanol–water partition coefficient (Wildman–Crippen LogP) is 2.64. The van der Waals surface area contributed by atoms with Gasteiger partial charge < -0.3 is 15.2 Å². The van der Waals surface area contributed by atoms with Crippen LogP contribution in [0, 0.1) is 0 Å². The Morgan fingerprint density at radius 1 is 1.27 bits per heavy atom. The highest BCUT2D eigenvalue weighted by atomic mass is 16.5. The Labute approximate surface area is 148 Å². The number of nitrogens with zero attached hydrogens (tertiary/aromatic N) is 3. The van der Waals surface area contributed by atoms with E-state index in [1.54, 1.807) is 30.1 Å². The number of fused-ring (bicyclic) bond motifs is 2. The zero-order chi connectivity index (χ0) is 18.1. The maximum atomic E-state index is 12.7. The lowest BCUT2D eigenvalue weighted by Gasteiger charge is -2.12. The highest BCUT2D eigenvalue weighted by Gasteiger charge is 2.16. The monoisotopic (exact) mass is 348 g/mol. The van der Waals surface area contributed by atoms with Gasteiger partial charge in [0.15, 0.2) is 5.65 Å². The summed E-state index contributed by atoms with van der Waals surface area (Å²) in [4.78, 5) is 16.9. The number of aliphatic hydroxyl groups is 1. The number of ether oxygens (including phenoxy) is 1. The Morgan fingerprint density at radius 3 is 2.96 bits per heavy atom. The lowest BCUT2D eigenvalue weighted by molar-refractivity contribution is 0.102. The number of methoxy groups -OCH3 is 1. The highest BCUT2D eigenvalue weighted by molar-refractivity contribution is 6.09. The van der Waals surface area contributed by atoms with Crippen molar-refractivity contribution in [1.29, 1.82) is 0 Å². The number of rotatable bonds is 4. The van der Waals surface area contributed by atoms with E-state index in [-0.39, 0.29) is 12.5 Å². The van der Waals surface area contributed by atoms with Crippen LogP contribution in [0.4, 0.5) is 5.69 Å². The van der Waals surface area contributed by atoms with Crippen LogP contribution in [0.25, 0.3) is 16.4 Å². The average Bonchev–Trinajstić information content (AvgIpc) is 3.11. The first kappa shape index (κ1) is 16.0. The largest absolute Gasteiger partial charge is 0.495 e. The van der Waals surface area contributed by atoms with Crippen LogP contribution in [0.3, 0.4) is 0 Å². The molecule has 26 heavy (non-hydrogen) atoms. The second-order valence-electron chi connectivity index (χ2n) is 5.79. The molecule has 0 unspecified atom stereocenters. The van der Waals surface area contributed by atoms with Gasteiger partial charge in [0, 0.05) is 12.4 Å². The molecule has 0 aliphatic carbocycles. The molecule has 0 bridgehead atoms. The zero-order valence-corrected chi connectivity index (χ0v) is 14.0. The van der Waals surface area contributed by atoms with Crippen molar-refractivity contribution in [3.63, 3.8) is 0 Å². The van der Waals surface area contributed by atoms with E-state index in [0.717, 1.165) is 16.3 Å². The molecule has 4 aromatic rings. The molecule has 0 spiro atoms. The van der Waals surface area contributed by atoms with Crippen molar-refractivity contribution in [3.8, 4) is 5.75 Å². The number of hydrogen-bond donors (Lipinski definition) is 2. The first-order valence-corrected chi connectivity index (χ1v) is 8.01. The molecule has 130 valence electrons. The molecule has 2 N–H and O–H groups in total. The van der Waals surface area contributed by atoms with Gasteiger partial charge in [-0.25, -0.2) is 9.50 Å². The molecular formula is C19H16N4O3. The Balaban J connectivity index is 1.74. The van der Waals surface area contributed by atoms with Crippen LogP contribution in [0.5, 0.6) is 5.75 Å². The van der Waals surface area contributed by atoms with Gasteiger partial charge in [-0.1, -0.05) is 12.1 Å². The first-order chi connectivity index (χ1) is 12.7. The molecule has 7 nitrogen and oxygen atoms in total. The summed E-state index contributed by atoms with van der Waals surface area (Å²) in [6.45, 7) is -0.0439. The van der Waals surface area contributed by atoms with Gasteiger partial charge in [-0.05, 0) is 40.6 Å². The van der Waals surface area contributed by atoms with Crippen molar-refractivity contribution in [2.75, 3.05) is 12.4 Å². The summed E-state index contributed by atoms with van der Waals surface area (Å²) < 4.78 is 6.96. The number of amides is 1. The number of aliphatic hydroxyl groups excluding tert-OH is 1. The molecule has 0 aliphatic heterocycles. The minimum atomic E-state index is -0.324. The van der Waals surface area contributed by atoms with Gasteiger partial charge in [-0.15, -0.1) is 0 Å². The van der Waals surface area contributed by atoms with E-state index in [4.69, 9.17) is 4.74 Å². The predicted molar refractivity (Wildman–Crippen MR) is 97.4 cm³/mol. The van der Waals surface area contributed by atoms with Gasteiger partial charge in [-0.3, -0.25) is 4.79 Å². The Kier molecular flexibility index (Phi) is 3.98. The summed E-state index contributed by atoms with van der Waals surface area (Å²) in [5, 5.41) is 18.2. The smallest absolute Gasteiger partial charge is 0.261 e. The van der Waals surface area contributed by atoms with Gasteiger partial charge in [-0.2, -0.15) is 5.10 Å². The van der Waals surface area contributed by atoms with Gasteiger partial charge in [0.05, 0.1) is 25.6 Å². The van der Waals surface area contributed by atoms with E-state index in [1.807, 2.05) is 30.3 Å². The average molecular weight is 348 g/mol. The fraction of sp³-hybridized carbons (Fsp3) is 0.105. The van der Waals surface area contributed by atoms with E-state index in [0.29, 0.717) is 22.6 Å². The summed E-state index contributed by atoms with van der Waals surface area (Å²) in [6, 6.07) is 11.0. The third kappa shape index (κ3) is 2.74. The van der Waals surface area contributed by atoms with E-state index in [1.165, 1.54) is 6.20 Å². The normalized spacial score (nSPS) is 11.0. The topological polar surface area (TPSA) is 88.8 Å². The quantitative estimate of drug-likeness (QED) is 0.592. The van der Waals surface area contributed by atoms with Gasteiger partial charge >= 0.3 is 0 Å². The van der Waals surface area contributed by atoms with Crippen molar-refractivity contribution < 1.29 is 14.6 Å². The number of hydrogen-bond acceptors (Lipinski definition) is 5. The molecule has 0 atom stereocenters. The van der Waals surface area contributed by atoms with Crippen LogP contribution in [-0.4, -0.2) is 32.7 Å². The van der Waals surface area contributed by atoms with Crippen LogP contribution in [-0.2, 0) is 6.61 Å². The van der Waals surface area contributed by atoms with Crippen LogP contribution in [0.15, 0.2) is 55.0 Å². The van der Waals surface area contributed by atoms with Crippen LogP contribution in [0.2, 0.25) is 0 Å². The fourth-order valence-corrected chi connectivity index (χ4v) is 2.87. The van der Waals surface area contributed by atoms with Gasteiger partial charge in [0.2, 0.25) is 0 Å². The van der Waals surface area contributed by atoms with Crippen molar-refractivity contribution in [1.82, 2.24) is 14.6 Å². The molecule has 2 heterocycles. The number of benzene rings is 2. The summed E-state index contributed by atoms with van der Waals surface area (Å²) in [6.07, 6.45) is 4.82. The Bertz CT molecular complexity index is 1120. The summed E-state index contributed by atoms with van der Waals surface area (Å²) in [5.74, 6) is 0.224. The Hall–Kier alpha value is -3.45. The van der Waals surface area contributed by atoms with E-state index < -0.39 is 0 Å². The van der Waals surface area contributed by atoms with Crippen molar-refractivity contribution >= 4 is 28.0 Å². The second kappa shape index (κ2) is 6.45. The van der Waals surface area contributed by atoms with Gasteiger partial charge in [0.25, 0.3) is 5.91 Å². The highest BCUT2D eigenvalue weighted by Crippen LogP contribution is 2.31. The number of carbonyl (C=O) groups excluding carboxylic acids is 1. The van der Waals surface area contributed by atoms with Crippen LogP contribution in [0.1, 0.15) is 15.9 Å². The molecule has 1 amide bonds. The maximum Gasteiger partial charge on any atom is 0.261 e. The molecule has 7 heteroatoms. The van der Waals surface area contributed by atoms with E-state index in [2.05, 4.69) is 15.4 Å². The number of aromatic nitrogens is 3. The maximum absolute atomic E-state index is 12.7. The molecule has 4 rings (SSSR count). The lowest BCUT2D eigenvalue weighted by Crippen LogP contribution is -2.13. The second-order valence-corrected chi connectivity index (χ2v) is 5.79. The Morgan fingerprint density at radius 2 is 2.15 bits per heavy atom. The number of nitrogens with one attached hydrogen (secondary N) is 1. The third-order valence-corrected chi connectivity index (χ3v) is 4.18. The SMILES string of the molecule is COc1cc2ccc(CO)cc2cc1NC(=O)c1cnn2cccnc12. The van der Waals surface area contributed by atoms with E-state index >= 15 is 0 Å². The lowest BCUT2D eigenvalue weighted by atomic mass is 10.1. The van der Waals surface area contributed by atoms with Crippen LogP contribution < -0.4 is 10.1 Å². The summed E-state index contributed by atoms with van der Waals surface area (Å²) in [7, 11) is 1.55. The molecule has 0 saturated carbocycles. The van der Waals surface area contributed by atoms with Crippen molar-refractivity contribution in [2.45, 2.75) is 6.61 Å². The standard InChI is InChI=1S/C19H16N4O3/c1-26-17-9-13-4-3-12(11-24)7-14(13)8-16(17)22-19(25)15-10-21-23-6-2-5-20-18(15)23/h2-10,24H,11H2,1H3,(H,22,25). The van der Waals surface area contributed by atoms with Crippen molar-refractivity contribution in [3.05, 3.63) is 66.1 Å². The van der Waals surface area contributed by atoms with Gasteiger partial charge in [0.1, 0.15) is 11.3 Å². The third-order valence-electron chi connectivity index (χ3n) is 4.18.